The Hall–Kier alpha value is -1.14. The highest BCUT2D eigenvalue weighted by molar-refractivity contribution is 9.10. The second kappa shape index (κ2) is 6.15. The van der Waals surface area contributed by atoms with Gasteiger partial charge in [0, 0.05) is 23.1 Å². The molecule has 0 radical (unpaired) electrons. The maximum absolute atomic E-state index is 13.5. The van der Waals surface area contributed by atoms with Crippen molar-refractivity contribution in [1.82, 2.24) is 4.90 Å². The number of aliphatic imine (C=N–C) groups is 1. The molecular weight excluding hydrogens is 301 g/mol. The van der Waals surface area contributed by atoms with Crippen LogP contribution in [0.2, 0.25) is 0 Å². The van der Waals surface area contributed by atoms with Crippen LogP contribution in [0.3, 0.4) is 0 Å². The number of nitrogens with two attached hydrogens (primary N) is 1. The van der Waals surface area contributed by atoms with Crippen LogP contribution in [0.1, 0.15) is 5.56 Å². The number of guanidine groups is 1. The molecule has 0 aliphatic carbocycles. The van der Waals surface area contributed by atoms with E-state index >= 15 is 0 Å². The van der Waals surface area contributed by atoms with Crippen molar-refractivity contribution in [2.75, 3.05) is 26.3 Å². The summed E-state index contributed by atoms with van der Waals surface area (Å²) >= 11 is 3.31. The summed E-state index contributed by atoms with van der Waals surface area (Å²) in [6, 6.07) is 4.79. The largest absolute Gasteiger partial charge is 0.378 e. The highest BCUT2D eigenvalue weighted by Gasteiger charge is 2.12. The second-order valence-electron chi connectivity index (χ2n) is 4.01. The monoisotopic (exact) mass is 315 g/mol. The minimum absolute atomic E-state index is 0.245. The molecule has 1 saturated heterocycles. The van der Waals surface area contributed by atoms with E-state index in [9.17, 15) is 4.39 Å². The Morgan fingerprint density at radius 1 is 1.44 bits per heavy atom. The molecule has 98 valence electrons. The Morgan fingerprint density at radius 3 is 2.89 bits per heavy atom. The topological polar surface area (TPSA) is 50.8 Å². The number of hydrogen-bond donors (Lipinski definition) is 1. The van der Waals surface area contributed by atoms with Crippen molar-refractivity contribution in [3.05, 3.63) is 34.1 Å². The van der Waals surface area contributed by atoms with Crippen molar-refractivity contribution < 1.29 is 9.13 Å². The molecule has 0 saturated carbocycles. The van der Waals surface area contributed by atoms with Crippen molar-refractivity contribution in [2.45, 2.75) is 6.54 Å². The van der Waals surface area contributed by atoms with Crippen molar-refractivity contribution in [2.24, 2.45) is 10.7 Å². The summed E-state index contributed by atoms with van der Waals surface area (Å²) in [5.41, 5.74) is 6.40. The molecule has 0 spiro atoms. The SMILES string of the molecule is NC(=NCc1cc(Br)ccc1F)N1CCOCC1. The van der Waals surface area contributed by atoms with Crippen molar-refractivity contribution in [3.63, 3.8) is 0 Å². The van der Waals surface area contributed by atoms with E-state index in [1.54, 1.807) is 12.1 Å². The predicted molar refractivity (Wildman–Crippen MR) is 71.8 cm³/mol. The molecule has 0 amide bonds. The first-order chi connectivity index (χ1) is 8.66. The van der Waals surface area contributed by atoms with E-state index in [0.29, 0.717) is 24.7 Å². The summed E-state index contributed by atoms with van der Waals surface area (Å²) in [7, 11) is 0. The van der Waals surface area contributed by atoms with Crippen molar-refractivity contribution in [1.29, 1.82) is 0 Å². The molecule has 1 aromatic carbocycles. The lowest BCUT2D eigenvalue weighted by Gasteiger charge is -2.27. The first-order valence-electron chi connectivity index (χ1n) is 5.73. The third-order valence-corrected chi connectivity index (χ3v) is 3.25. The van der Waals surface area contributed by atoms with Gasteiger partial charge in [-0.2, -0.15) is 0 Å². The van der Waals surface area contributed by atoms with Gasteiger partial charge in [-0.1, -0.05) is 15.9 Å². The van der Waals surface area contributed by atoms with Crippen LogP contribution in [0.5, 0.6) is 0 Å². The Balaban J connectivity index is 2.02. The molecule has 6 heteroatoms. The number of ether oxygens (including phenoxy) is 1. The van der Waals surface area contributed by atoms with Crippen LogP contribution < -0.4 is 5.73 Å². The van der Waals surface area contributed by atoms with Gasteiger partial charge in [0.1, 0.15) is 5.82 Å². The minimum atomic E-state index is -0.267. The number of rotatable bonds is 2. The fourth-order valence-corrected chi connectivity index (χ4v) is 2.13. The first-order valence-corrected chi connectivity index (χ1v) is 6.52. The Labute approximate surface area is 114 Å². The Morgan fingerprint density at radius 2 is 2.17 bits per heavy atom. The molecule has 1 fully saturated rings. The van der Waals surface area contributed by atoms with Crippen LogP contribution >= 0.6 is 15.9 Å². The van der Waals surface area contributed by atoms with Gasteiger partial charge in [0.2, 0.25) is 0 Å². The molecule has 4 nitrogen and oxygen atoms in total. The average Bonchev–Trinajstić information content (AvgIpc) is 2.40. The zero-order valence-corrected chi connectivity index (χ0v) is 11.5. The number of halogens is 2. The third kappa shape index (κ3) is 3.43. The van der Waals surface area contributed by atoms with Crippen LogP contribution in [0, 0.1) is 5.82 Å². The quantitative estimate of drug-likeness (QED) is 0.668. The summed E-state index contributed by atoms with van der Waals surface area (Å²) in [5.74, 6) is 0.175. The van der Waals surface area contributed by atoms with Gasteiger partial charge < -0.3 is 15.4 Å². The second-order valence-corrected chi connectivity index (χ2v) is 4.93. The van der Waals surface area contributed by atoms with E-state index in [-0.39, 0.29) is 12.4 Å². The number of nitrogens with zero attached hydrogens (tertiary/aromatic N) is 2. The average molecular weight is 316 g/mol. The number of benzene rings is 1. The van der Waals surface area contributed by atoms with E-state index in [1.165, 1.54) is 6.07 Å². The Kier molecular flexibility index (Phi) is 4.54. The highest BCUT2D eigenvalue weighted by Crippen LogP contribution is 2.16. The van der Waals surface area contributed by atoms with Gasteiger partial charge in [-0.3, -0.25) is 0 Å². The molecule has 1 aliphatic heterocycles. The highest BCUT2D eigenvalue weighted by atomic mass is 79.9. The van der Waals surface area contributed by atoms with Gasteiger partial charge in [-0.15, -0.1) is 0 Å². The van der Waals surface area contributed by atoms with E-state index < -0.39 is 0 Å². The van der Waals surface area contributed by atoms with Crippen LogP contribution in [0.25, 0.3) is 0 Å². The summed E-state index contributed by atoms with van der Waals surface area (Å²) in [6.45, 7) is 3.02. The van der Waals surface area contributed by atoms with Gasteiger partial charge in [0.05, 0.1) is 19.8 Å². The number of hydrogen-bond acceptors (Lipinski definition) is 2. The first kappa shape index (κ1) is 13.3. The van der Waals surface area contributed by atoms with Crippen LogP contribution in [-0.2, 0) is 11.3 Å². The maximum Gasteiger partial charge on any atom is 0.191 e. The molecule has 2 N–H and O–H groups in total. The smallest absolute Gasteiger partial charge is 0.191 e. The molecule has 18 heavy (non-hydrogen) atoms. The van der Waals surface area contributed by atoms with Crippen molar-refractivity contribution in [3.8, 4) is 0 Å². The minimum Gasteiger partial charge on any atom is -0.378 e. The predicted octanol–water partition coefficient (Wildman–Crippen LogP) is 1.74. The fourth-order valence-electron chi connectivity index (χ4n) is 1.72. The molecule has 1 aromatic rings. The molecule has 1 heterocycles. The van der Waals surface area contributed by atoms with Gasteiger partial charge in [0.15, 0.2) is 5.96 Å². The van der Waals surface area contributed by atoms with E-state index in [2.05, 4.69) is 20.9 Å². The van der Waals surface area contributed by atoms with E-state index in [1.807, 2.05) is 4.90 Å². The summed E-state index contributed by atoms with van der Waals surface area (Å²) in [6.07, 6.45) is 0. The Bertz CT molecular complexity index is 447. The lowest BCUT2D eigenvalue weighted by molar-refractivity contribution is 0.0674. The molecule has 0 atom stereocenters. The maximum atomic E-state index is 13.5. The van der Waals surface area contributed by atoms with Gasteiger partial charge >= 0.3 is 0 Å². The molecule has 0 aromatic heterocycles. The standard InChI is InChI=1S/C12H15BrFN3O/c13-10-1-2-11(14)9(7-10)8-16-12(15)17-3-5-18-6-4-17/h1-2,7H,3-6,8H2,(H2,15,16). The summed E-state index contributed by atoms with van der Waals surface area (Å²) < 4.78 is 19.6. The molecule has 0 unspecified atom stereocenters. The summed E-state index contributed by atoms with van der Waals surface area (Å²) in [4.78, 5) is 6.17. The molecule has 0 bridgehead atoms. The van der Waals surface area contributed by atoms with Crippen LogP contribution in [-0.4, -0.2) is 37.2 Å². The third-order valence-electron chi connectivity index (χ3n) is 2.75. The van der Waals surface area contributed by atoms with Gasteiger partial charge in [-0.05, 0) is 18.2 Å². The normalized spacial score (nSPS) is 17.0. The molecule has 1 aliphatic rings. The molecular formula is C12H15BrFN3O. The van der Waals surface area contributed by atoms with Crippen molar-refractivity contribution >= 4 is 21.9 Å². The van der Waals surface area contributed by atoms with Crippen LogP contribution in [0.15, 0.2) is 27.7 Å². The van der Waals surface area contributed by atoms with Gasteiger partial charge in [-0.25, -0.2) is 9.38 Å². The fraction of sp³-hybridized carbons (Fsp3) is 0.417. The summed E-state index contributed by atoms with van der Waals surface area (Å²) in [5, 5.41) is 0. The van der Waals surface area contributed by atoms with E-state index in [0.717, 1.165) is 17.6 Å². The lowest BCUT2D eigenvalue weighted by atomic mass is 10.2. The van der Waals surface area contributed by atoms with Gasteiger partial charge in [0.25, 0.3) is 0 Å². The zero-order chi connectivity index (χ0) is 13.0. The van der Waals surface area contributed by atoms with E-state index in [4.69, 9.17) is 10.5 Å². The zero-order valence-electron chi connectivity index (χ0n) is 9.90. The molecule has 2 rings (SSSR count). The number of morpholine rings is 1. The van der Waals surface area contributed by atoms with Crippen LogP contribution in [0.4, 0.5) is 4.39 Å². The lowest BCUT2D eigenvalue weighted by Crippen LogP contribution is -2.44.